The lowest BCUT2D eigenvalue weighted by molar-refractivity contribution is -0.137. The fourth-order valence-electron chi connectivity index (χ4n) is 7.93. The Morgan fingerprint density at radius 2 is 1.09 bits per heavy atom. The molecule has 0 atom stereocenters. The van der Waals surface area contributed by atoms with E-state index in [-0.39, 0.29) is 82.1 Å². The number of hydrogen-bond acceptors (Lipinski definition) is 9. The standard InChI is InChI=1S/C14H21N3O.C14H21N3.C13H22N2O.C13H21NO2.CH4/c1-8(2)17-7-9(14(3,4)5)12-10(18)6-11(15)16-13(12)17;1-9(2)17-8-10(14(3,4)5)12-11(15)6-7-16-13(12)17;1-12(2,3)9-8-15(13(4,5)6)11(16)7-10(9)14;1-12(2,3)9-8-14(13(4,5)6)11(16)7-10(9)15;/h7-8H,6H2,1-5H3,(H2,15,16);6-9H,1-5H3,(H2,15,16);7-8H,14H2,1-6H3;8H,7H2,1-6H3;1H4. The Balaban J connectivity index is 0.000000310. The number of ketones is 2. The normalized spacial score (nSPS) is 14.8. The number of Topliss-reactive ketones (excluding diaryl/α,β-unsaturated/α-hetero) is 2. The number of amidine groups is 1. The van der Waals surface area contributed by atoms with E-state index in [1.807, 2.05) is 79.1 Å². The van der Waals surface area contributed by atoms with E-state index in [0.717, 1.165) is 44.8 Å². The van der Waals surface area contributed by atoms with E-state index in [1.165, 1.54) is 11.6 Å². The number of aliphatic imine (C=N–C) groups is 1. The molecule has 0 saturated heterocycles. The maximum absolute atomic E-state index is 12.2. The van der Waals surface area contributed by atoms with E-state index in [1.54, 1.807) is 21.9 Å². The van der Waals surface area contributed by atoms with Crippen LogP contribution in [0.4, 0.5) is 17.2 Å². The summed E-state index contributed by atoms with van der Waals surface area (Å²) in [5.41, 5.74) is 24.2. The largest absolute Gasteiger partial charge is 0.398 e. The zero-order chi connectivity index (χ0) is 51.9. The fraction of sp³-hybridized carbons (Fsp3) is 0.600. The van der Waals surface area contributed by atoms with Crippen LogP contribution < -0.4 is 22.8 Å². The first-order valence-electron chi connectivity index (χ1n) is 23.6. The number of carbonyl (C=O) groups excluding carboxylic acids is 3. The summed E-state index contributed by atoms with van der Waals surface area (Å²) >= 11 is 0. The molecule has 2 aliphatic rings. The number of fused-ring (bicyclic) bond motifs is 2. The molecule has 2 aliphatic heterocycles. The molecule has 0 fully saturated rings. The van der Waals surface area contributed by atoms with Crippen molar-refractivity contribution in [2.45, 2.75) is 212 Å². The number of amides is 1. The summed E-state index contributed by atoms with van der Waals surface area (Å²) in [6, 6.07) is 4.05. The van der Waals surface area contributed by atoms with Crippen LogP contribution in [0.1, 0.15) is 212 Å². The summed E-state index contributed by atoms with van der Waals surface area (Å²) in [4.78, 5) is 58.2. The molecule has 6 rings (SSSR count). The lowest BCUT2D eigenvalue weighted by Gasteiger charge is -2.38. The van der Waals surface area contributed by atoms with Gasteiger partial charge in [0, 0.05) is 82.5 Å². The predicted octanol–water partition coefficient (Wildman–Crippen LogP) is 12.1. The minimum absolute atomic E-state index is 0. The average molecular weight is 940 g/mol. The molecule has 0 unspecified atom stereocenters. The number of aromatic nitrogens is 4. The Hall–Kier alpha value is -5.46. The molecule has 0 radical (unpaired) electrons. The van der Waals surface area contributed by atoms with Crippen molar-refractivity contribution in [3.8, 4) is 0 Å². The van der Waals surface area contributed by atoms with Crippen LogP contribution in [0.3, 0.4) is 0 Å². The van der Waals surface area contributed by atoms with E-state index in [9.17, 15) is 19.2 Å². The van der Waals surface area contributed by atoms with Crippen LogP contribution >= 0.6 is 0 Å². The molecule has 0 aromatic carbocycles. The smallest absolute Gasteiger partial charge is 0.253 e. The lowest BCUT2D eigenvalue weighted by Crippen LogP contribution is -2.46. The molecule has 13 heteroatoms. The second-order valence-corrected chi connectivity index (χ2v) is 24.7. The number of allylic oxidation sites excluding steroid dienone is 1. The zero-order valence-electron chi connectivity index (χ0n) is 45.2. The number of nitrogens with zero attached hydrogens (tertiary/aromatic N) is 6. The van der Waals surface area contributed by atoms with E-state index in [0.29, 0.717) is 17.6 Å². The number of rotatable bonds is 2. The van der Waals surface area contributed by atoms with E-state index < -0.39 is 0 Å². The summed E-state index contributed by atoms with van der Waals surface area (Å²) in [6.45, 7) is 45.7. The summed E-state index contributed by atoms with van der Waals surface area (Å²) < 4.78 is 5.98. The topological polar surface area (TPSA) is 190 Å². The van der Waals surface area contributed by atoms with Crippen molar-refractivity contribution in [1.82, 2.24) is 23.6 Å². The van der Waals surface area contributed by atoms with Crippen LogP contribution in [0.5, 0.6) is 0 Å². The van der Waals surface area contributed by atoms with Crippen LogP contribution in [0.15, 0.2) is 58.5 Å². The van der Waals surface area contributed by atoms with Gasteiger partial charge in [-0.05, 0) is 114 Å². The monoisotopic (exact) mass is 940 g/mol. The van der Waals surface area contributed by atoms with E-state index in [2.05, 4.69) is 117 Å². The first-order valence-corrected chi connectivity index (χ1v) is 23.6. The minimum Gasteiger partial charge on any atom is -0.398 e. The maximum atomic E-state index is 12.2. The first-order chi connectivity index (χ1) is 30.1. The predicted molar refractivity (Wildman–Crippen MR) is 286 cm³/mol. The number of carbonyl (C=O) groups is 3. The number of anilines is 2. The molecular formula is C55H89N9O4. The molecule has 0 spiro atoms. The molecule has 1 amide bonds. The SMILES string of the molecule is C.CC(C)(C)C1=CN(C(C)(C)C)C(=O)CC1=O.CC(C)(C)c1cn(C(C)(C)C)c(=O)cc1N.CC(C)n1cc(C(C)(C)C)c2c(N)ccnc21.CC(C)n1cc(C(C)(C)C)c2c1N=C(N)CC2=O. The number of pyridine rings is 2. The van der Waals surface area contributed by atoms with Crippen molar-refractivity contribution in [3.05, 3.63) is 81.3 Å². The van der Waals surface area contributed by atoms with Gasteiger partial charge in [0.2, 0.25) is 5.91 Å². The second-order valence-electron chi connectivity index (χ2n) is 24.7. The molecule has 6 heterocycles. The molecule has 6 N–H and O–H groups in total. The third-order valence-electron chi connectivity index (χ3n) is 11.6. The molecule has 13 nitrogen and oxygen atoms in total. The number of nitrogen functional groups attached to an aromatic ring is 2. The molecule has 378 valence electrons. The van der Waals surface area contributed by atoms with Crippen molar-refractivity contribution in [3.63, 3.8) is 0 Å². The third-order valence-corrected chi connectivity index (χ3v) is 11.6. The van der Waals surface area contributed by atoms with Gasteiger partial charge >= 0.3 is 0 Å². The van der Waals surface area contributed by atoms with Crippen molar-refractivity contribution < 1.29 is 14.4 Å². The molecule has 0 aliphatic carbocycles. The lowest BCUT2D eigenvalue weighted by atomic mass is 9.81. The summed E-state index contributed by atoms with van der Waals surface area (Å²) in [6.07, 6.45) is 9.88. The Bertz CT molecular complexity index is 2590. The molecular weight excluding hydrogens is 851 g/mol. The van der Waals surface area contributed by atoms with Crippen LogP contribution in [0.25, 0.3) is 11.0 Å². The van der Waals surface area contributed by atoms with Gasteiger partial charge in [-0.15, -0.1) is 0 Å². The van der Waals surface area contributed by atoms with Gasteiger partial charge in [-0.25, -0.2) is 9.98 Å². The van der Waals surface area contributed by atoms with Crippen LogP contribution in [-0.4, -0.2) is 52.4 Å². The third kappa shape index (κ3) is 13.8. The van der Waals surface area contributed by atoms with Crippen molar-refractivity contribution in [1.29, 1.82) is 0 Å². The Morgan fingerprint density at radius 1 is 0.588 bits per heavy atom. The zero-order valence-corrected chi connectivity index (χ0v) is 45.2. The van der Waals surface area contributed by atoms with E-state index >= 15 is 0 Å². The van der Waals surface area contributed by atoms with Gasteiger partial charge in [-0.2, -0.15) is 0 Å². The molecule has 4 aromatic heterocycles. The average Bonchev–Trinajstić information content (AvgIpc) is 3.72. The van der Waals surface area contributed by atoms with Gasteiger partial charge in [-0.1, -0.05) is 90.5 Å². The number of hydrogen-bond donors (Lipinski definition) is 3. The highest BCUT2D eigenvalue weighted by Crippen LogP contribution is 2.39. The Kier molecular flexibility index (Phi) is 17.8. The van der Waals surface area contributed by atoms with Gasteiger partial charge in [0.25, 0.3) is 5.56 Å². The van der Waals surface area contributed by atoms with Gasteiger partial charge in [0.05, 0.1) is 18.4 Å². The quantitative estimate of drug-likeness (QED) is 0.165. The van der Waals surface area contributed by atoms with Gasteiger partial charge < -0.3 is 35.8 Å². The Morgan fingerprint density at radius 3 is 1.53 bits per heavy atom. The second kappa shape index (κ2) is 20.6. The van der Waals surface area contributed by atoms with Gasteiger partial charge in [-0.3, -0.25) is 19.2 Å². The molecule has 0 saturated carbocycles. The number of nitrogens with two attached hydrogens (primary N) is 3. The van der Waals surface area contributed by atoms with Gasteiger partial charge in [0.1, 0.15) is 17.3 Å². The van der Waals surface area contributed by atoms with E-state index in [4.69, 9.17) is 17.2 Å². The van der Waals surface area contributed by atoms with Crippen molar-refractivity contribution in [2.24, 2.45) is 16.1 Å². The maximum Gasteiger partial charge on any atom is 0.253 e. The van der Waals surface area contributed by atoms with Crippen LogP contribution in [0.2, 0.25) is 0 Å². The van der Waals surface area contributed by atoms with Crippen LogP contribution in [0, 0.1) is 5.41 Å². The summed E-state index contributed by atoms with van der Waals surface area (Å²) in [5, 5.41) is 1.11. The molecule has 0 bridgehead atoms. The summed E-state index contributed by atoms with van der Waals surface area (Å²) in [7, 11) is 0. The van der Waals surface area contributed by atoms with Gasteiger partial charge in [0.15, 0.2) is 11.6 Å². The minimum atomic E-state index is -0.270. The molecule has 4 aromatic rings. The highest BCUT2D eigenvalue weighted by molar-refractivity contribution is 6.15. The van der Waals surface area contributed by atoms with Crippen molar-refractivity contribution in [2.75, 3.05) is 11.5 Å². The fourth-order valence-corrected chi connectivity index (χ4v) is 7.93. The highest BCUT2D eigenvalue weighted by atomic mass is 16.2. The highest BCUT2D eigenvalue weighted by Gasteiger charge is 2.36. The van der Waals surface area contributed by atoms with Crippen LogP contribution in [-0.2, 0) is 31.4 Å². The first kappa shape index (κ1) is 58.7. The summed E-state index contributed by atoms with van der Waals surface area (Å²) in [5.74, 6) is 1.07. The Labute approximate surface area is 409 Å². The van der Waals surface area contributed by atoms with Crippen molar-refractivity contribution >= 4 is 51.5 Å². The molecule has 68 heavy (non-hydrogen) atoms.